The van der Waals surface area contributed by atoms with Crippen molar-refractivity contribution in [2.45, 2.75) is 0 Å². The van der Waals surface area contributed by atoms with Crippen LogP contribution in [0.5, 0.6) is 0 Å². The van der Waals surface area contributed by atoms with E-state index in [1.54, 1.807) is 6.07 Å². The zero-order valence-corrected chi connectivity index (χ0v) is 9.52. The Balaban J connectivity index is 3.62. The number of nitro benzene ring substituents is 1. The van der Waals surface area contributed by atoms with Crippen LogP contribution in [0.2, 0.25) is 0 Å². The SMILES string of the molecule is N#Cc1c(N)ccc([N+](=O)[O-])c1C(=O)CBr. The summed E-state index contributed by atoms with van der Waals surface area (Å²) in [5, 5.41) is 19.4. The second-order valence-corrected chi connectivity index (χ2v) is 3.41. The molecule has 2 N–H and O–H groups in total. The van der Waals surface area contributed by atoms with Crippen molar-refractivity contribution in [1.29, 1.82) is 5.26 Å². The van der Waals surface area contributed by atoms with E-state index in [-0.39, 0.29) is 22.1 Å². The molecule has 1 rings (SSSR count). The highest BCUT2D eigenvalue weighted by atomic mass is 79.9. The van der Waals surface area contributed by atoms with Crippen LogP contribution in [0.4, 0.5) is 11.4 Å². The summed E-state index contributed by atoms with van der Waals surface area (Å²) in [7, 11) is 0. The molecule has 0 atom stereocenters. The van der Waals surface area contributed by atoms with Gasteiger partial charge >= 0.3 is 0 Å². The lowest BCUT2D eigenvalue weighted by molar-refractivity contribution is -0.385. The van der Waals surface area contributed by atoms with E-state index in [0.29, 0.717) is 0 Å². The Labute approximate surface area is 98.9 Å². The van der Waals surface area contributed by atoms with Crippen LogP contribution in [0, 0.1) is 21.4 Å². The largest absolute Gasteiger partial charge is 0.398 e. The summed E-state index contributed by atoms with van der Waals surface area (Å²) >= 11 is 2.90. The minimum atomic E-state index is -0.712. The van der Waals surface area contributed by atoms with Crippen LogP contribution in [0.1, 0.15) is 15.9 Å². The number of carbonyl (C=O) groups is 1. The van der Waals surface area contributed by atoms with Gasteiger partial charge in [-0.2, -0.15) is 5.26 Å². The fraction of sp³-hybridized carbons (Fsp3) is 0.111. The maximum atomic E-state index is 11.5. The summed E-state index contributed by atoms with van der Waals surface area (Å²) in [6.45, 7) is 0. The second kappa shape index (κ2) is 4.72. The van der Waals surface area contributed by atoms with Gasteiger partial charge in [-0.15, -0.1) is 0 Å². The smallest absolute Gasteiger partial charge is 0.281 e. The maximum Gasteiger partial charge on any atom is 0.281 e. The molecule has 0 spiro atoms. The molecule has 0 amide bonds. The Morgan fingerprint density at radius 3 is 2.69 bits per heavy atom. The number of halogens is 1. The van der Waals surface area contributed by atoms with Crippen molar-refractivity contribution >= 4 is 33.1 Å². The lowest BCUT2D eigenvalue weighted by Crippen LogP contribution is -2.09. The fourth-order valence-electron chi connectivity index (χ4n) is 1.23. The third-order valence-electron chi connectivity index (χ3n) is 1.92. The molecule has 0 aliphatic carbocycles. The van der Waals surface area contributed by atoms with Crippen molar-refractivity contribution in [2.24, 2.45) is 0 Å². The number of nitrogens with zero attached hydrogens (tertiary/aromatic N) is 2. The van der Waals surface area contributed by atoms with Crippen LogP contribution >= 0.6 is 15.9 Å². The normalized spacial score (nSPS) is 9.50. The van der Waals surface area contributed by atoms with Gasteiger partial charge in [0.15, 0.2) is 5.78 Å². The summed E-state index contributed by atoms with van der Waals surface area (Å²) in [6, 6.07) is 4.06. The maximum absolute atomic E-state index is 11.5. The van der Waals surface area contributed by atoms with E-state index < -0.39 is 16.4 Å². The highest BCUT2D eigenvalue weighted by molar-refractivity contribution is 9.09. The van der Waals surface area contributed by atoms with Gasteiger partial charge < -0.3 is 5.73 Å². The van der Waals surface area contributed by atoms with E-state index in [9.17, 15) is 14.9 Å². The number of benzene rings is 1. The molecule has 6 nitrogen and oxygen atoms in total. The number of rotatable bonds is 3. The number of hydrogen-bond donors (Lipinski definition) is 1. The molecule has 0 radical (unpaired) electrons. The van der Waals surface area contributed by atoms with Gasteiger partial charge in [0.05, 0.1) is 21.5 Å². The summed E-state index contributed by atoms with van der Waals surface area (Å²) < 4.78 is 0. The number of carbonyl (C=O) groups excluding carboxylic acids is 1. The Bertz CT molecular complexity index is 507. The van der Waals surface area contributed by atoms with Crippen molar-refractivity contribution < 1.29 is 9.72 Å². The molecule has 0 aliphatic rings. The van der Waals surface area contributed by atoms with Crippen molar-refractivity contribution in [3.8, 4) is 6.07 Å². The molecule has 0 fully saturated rings. The number of nitrogen functional groups attached to an aromatic ring is 1. The lowest BCUT2D eigenvalue weighted by Gasteiger charge is -2.04. The predicted octanol–water partition coefficient (Wildman–Crippen LogP) is 1.63. The van der Waals surface area contributed by atoms with Crippen LogP contribution in [-0.4, -0.2) is 16.0 Å². The highest BCUT2D eigenvalue weighted by Crippen LogP contribution is 2.27. The third-order valence-corrected chi connectivity index (χ3v) is 2.43. The molecule has 82 valence electrons. The Morgan fingerprint density at radius 2 is 2.25 bits per heavy atom. The minimum absolute atomic E-state index is 0.0531. The standard InChI is InChI=1S/C9H6BrN3O3/c10-3-8(14)9-5(4-11)6(12)1-2-7(9)13(15)16/h1-2H,3,12H2. The molecule has 16 heavy (non-hydrogen) atoms. The fourth-order valence-corrected chi connectivity index (χ4v) is 1.51. The molecule has 0 aliphatic heterocycles. The minimum Gasteiger partial charge on any atom is -0.398 e. The monoisotopic (exact) mass is 283 g/mol. The first-order chi connectivity index (χ1) is 7.52. The van der Waals surface area contributed by atoms with Gasteiger partial charge in [0.1, 0.15) is 11.6 Å². The quantitative estimate of drug-likeness (QED) is 0.298. The molecule has 0 aromatic heterocycles. The number of ketones is 1. The van der Waals surface area contributed by atoms with E-state index >= 15 is 0 Å². The zero-order chi connectivity index (χ0) is 12.3. The molecular weight excluding hydrogens is 278 g/mol. The van der Waals surface area contributed by atoms with Gasteiger partial charge in [0.2, 0.25) is 0 Å². The summed E-state index contributed by atoms with van der Waals surface area (Å²) in [6.07, 6.45) is 0. The molecule has 0 heterocycles. The number of Topliss-reactive ketones (excluding diaryl/α,β-unsaturated/α-hetero) is 1. The van der Waals surface area contributed by atoms with Gasteiger partial charge in [-0.3, -0.25) is 14.9 Å². The predicted molar refractivity (Wildman–Crippen MR) is 60.3 cm³/mol. The number of nitriles is 1. The van der Waals surface area contributed by atoms with Gasteiger partial charge in [-0.1, -0.05) is 15.9 Å². The Hall–Kier alpha value is -1.94. The number of alkyl halides is 1. The second-order valence-electron chi connectivity index (χ2n) is 2.85. The number of nitrogens with two attached hydrogens (primary N) is 1. The lowest BCUT2D eigenvalue weighted by atomic mass is 10.0. The molecule has 0 unspecified atom stereocenters. The van der Waals surface area contributed by atoms with Crippen LogP contribution in [-0.2, 0) is 0 Å². The zero-order valence-electron chi connectivity index (χ0n) is 7.94. The average molecular weight is 284 g/mol. The van der Waals surface area contributed by atoms with Gasteiger partial charge in [-0.25, -0.2) is 0 Å². The van der Waals surface area contributed by atoms with Crippen LogP contribution in [0.15, 0.2) is 12.1 Å². The topological polar surface area (TPSA) is 110 Å². The van der Waals surface area contributed by atoms with Gasteiger partial charge in [-0.05, 0) is 6.07 Å². The third kappa shape index (κ3) is 2.01. The van der Waals surface area contributed by atoms with Crippen molar-refractivity contribution in [3.63, 3.8) is 0 Å². The van der Waals surface area contributed by atoms with E-state index in [4.69, 9.17) is 11.0 Å². The average Bonchev–Trinajstić information content (AvgIpc) is 2.27. The first-order valence-corrected chi connectivity index (χ1v) is 5.21. The van der Waals surface area contributed by atoms with E-state index in [2.05, 4.69) is 15.9 Å². The van der Waals surface area contributed by atoms with Gasteiger partial charge in [0, 0.05) is 6.07 Å². The molecule has 0 bridgehead atoms. The molecule has 1 aromatic carbocycles. The highest BCUT2D eigenvalue weighted by Gasteiger charge is 2.24. The molecule has 0 saturated carbocycles. The first-order valence-electron chi connectivity index (χ1n) is 4.09. The van der Waals surface area contributed by atoms with Crippen molar-refractivity contribution in [1.82, 2.24) is 0 Å². The van der Waals surface area contributed by atoms with Crippen LogP contribution in [0.3, 0.4) is 0 Å². The molecule has 7 heteroatoms. The van der Waals surface area contributed by atoms with Crippen LogP contribution in [0.25, 0.3) is 0 Å². The molecular formula is C9H6BrN3O3. The van der Waals surface area contributed by atoms with E-state index in [1.807, 2.05) is 0 Å². The van der Waals surface area contributed by atoms with Crippen molar-refractivity contribution in [2.75, 3.05) is 11.1 Å². The first kappa shape index (κ1) is 12.1. The Morgan fingerprint density at radius 1 is 1.62 bits per heavy atom. The van der Waals surface area contributed by atoms with Gasteiger partial charge in [0.25, 0.3) is 5.69 Å². The van der Waals surface area contributed by atoms with E-state index in [0.717, 1.165) is 6.07 Å². The van der Waals surface area contributed by atoms with Crippen LogP contribution < -0.4 is 5.73 Å². The number of nitro groups is 1. The summed E-state index contributed by atoms with van der Waals surface area (Å²) in [5.41, 5.74) is 4.73. The Kier molecular flexibility index (Phi) is 3.58. The summed E-state index contributed by atoms with van der Waals surface area (Å²) in [5.74, 6) is -0.546. The van der Waals surface area contributed by atoms with E-state index in [1.165, 1.54) is 6.07 Å². The molecule has 0 saturated heterocycles. The molecule has 1 aromatic rings. The number of anilines is 1. The van der Waals surface area contributed by atoms with Crippen molar-refractivity contribution in [3.05, 3.63) is 33.4 Å². The summed E-state index contributed by atoms with van der Waals surface area (Å²) in [4.78, 5) is 21.5. The number of hydrogen-bond acceptors (Lipinski definition) is 5.